The van der Waals surface area contributed by atoms with E-state index in [2.05, 4.69) is 15.4 Å². The van der Waals surface area contributed by atoms with Crippen molar-refractivity contribution in [2.45, 2.75) is 6.04 Å². The summed E-state index contributed by atoms with van der Waals surface area (Å²) in [5.74, 6) is -0.290. The highest BCUT2D eigenvalue weighted by molar-refractivity contribution is 5.89. The Morgan fingerprint density at radius 3 is 2.53 bits per heavy atom. The lowest BCUT2D eigenvalue weighted by Gasteiger charge is -2.24. The SMILES string of the molecule is COC(=O)c1ccc([C@H]2CNCCN2)cc1.Cl. The maximum atomic E-state index is 11.3. The zero-order chi connectivity index (χ0) is 11.4. The smallest absolute Gasteiger partial charge is 0.337 e. The van der Waals surface area contributed by atoms with E-state index in [1.165, 1.54) is 12.7 Å². The summed E-state index contributed by atoms with van der Waals surface area (Å²) >= 11 is 0. The molecule has 17 heavy (non-hydrogen) atoms. The molecule has 0 spiro atoms. The van der Waals surface area contributed by atoms with Gasteiger partial charge in [-0.2, -0.15) is 0 Å². The maximum Gasteiger partial charge on any atom is 0.337 e. The average Bonchev–Trinajstić information content (AvgIpc) is 2.39. The van der Waals surface area contributed by atoms with Gasteiger partial charge in [-0.3, -0.25) is 0 Å². The fourth-order valence-corrected chi connectivity index (χ4v) is 1.86. The molecule has 0 amide bonds. The van der Waals surface area contributed by atoms with Crippen LogP contribution in [0.2, 0.25) is 0 Å². The van der Waals surface area contributed by atoms with Crippen LogP contribution in [0.25, 0.3) is 0 Å². The molecule has 1 aliphatic rings. The number of ether oxygens (including phenoxy) is 1. The van der Waals surface area contributed by atoms with Crippen LogP contribution in [0.15, 0.2) is 24.3 Å². The molecule has 0 aliphatic carbocycles. The van der Waals surface area contributed by atoms with E-state index in [1.54, 1.807) is 12.1 Å². The van der Waals surface area contributed by atoms with Crippen LogP contribution < -0.4 is 10.6 Å². The highest BCUT2D eigenvalue weighted by Gasteiger charge is 2.14. The molecule has 1 aromatic carbocycles. The number of benzene rings is 1. The predicted molar refractivity (Wildman–Crippen MR) is 68.6 cm³/mol. The van der Waals surface area contributed by atoms with Gasteiger partial charge in [0.05, 0.1) is 12.7 Å². The first-order valence-electron chi connectivity index (χ1n) is 5.43. The summed E-state index contributed by atoms with van der Waals surface area (Å²) in [6.07, 6.45) is 0. The Bertz CT molecular complexity index is 361. The molecule has 1 saturated heterocycles. The second-order valence-electron chi connectivity index (χ2n) is 3.82. The number of piperazine rings is 1. The summed E-state index contributed by atoms with van der Waals surface area (Å²) in [4.78, 5) is 11.3. The molecule has 0 radical (unpaired) electrons. The molecule has 1 aliphatic heterocycles. The van der Waals surface area contributed by atoms with Crippen molar-refractivity contribution >= 4 is 18.4 Å². The highest BCUT2D eigenvalue weighted by atomic mass is 35.5. The fourth-order valence-electron chi connectivity index (χ4n) is 1.86. The summed E-state index contributed by atoms with van der Waals surface area (Å²) < 4.78 is 4.65. The molecule has 2 rings (SSSR count). The van der Waals surface area contributed by atoms with Crippen molar-refractivity contribution < 1.29 is 9.53 Å². The van der Waals surface area contributed by atoms with E-state index in [0.717, 1.165) is 19.6 Å². The number of carbonyl (C=O) groups excluding carboxylic acids is 1. The van der Waals surface area contributed by atoms with Crippen LogP contribution in [-0.4, -0.2) is 32.7 Å². The molecular formula is C12H17ClN2O2. The summed E-state index contributed by atoms with van der Waals surface area (Å²) in [7, 11) is 1.39. The third kappa shape index (κ3) is 3.43. The molecule has 94 valence electrons. The molecule has 0 saturated carbocycles. The minimum absolute atomic E-state index is 0. The molecule has 4 nitrogen and oxygen atoms in total. The fraction of sp³-hybridized carbons (Fsp3) is 0.417. The second-order valence-corrected chi connectivity index (χ2v) is 3.82. The van der Waals surface area contributed by atoms with Crippen molar-refractivity contribution in [1.29, 1.82) is 0 Å². The van der Waals surface area contributed by atoms with Crippen LogP contribution in [0, 0.1) is 0 Å². The molecule has 1 heterocycles. The maximum absolute atomic E-state index is 11.3. The number of nitrogens with one attached hydrogen (secondary N) is 2. The molecule has 0 aromatic heterocycles. The van der Waals surface area contributed by atoms with E-state index in [-0.39, 0.29) is 18.4 Å². The Morgan fingerprint density at radius 2 is 2.00 bits per heavy atom. The standard InChI is InChI=1S/C12H16N2O2.ClH/c1-16-12(15)10-4-2-9(3-5-10)11-8-13-6-7-14-11;/h2-5,11,13-14H,6-8H2,1H3;1H/t11-;/m1./s1. The van der Waals surface area contributed by atoms with Crippen LogP contribution in [0.4, 0.5) is 0 Å². The number of esters is 1. The van der Waals surface area contributed by atoms with Gasteiger partial charge in [-0.05, 0) is 17.7 Å². The van der Waals surface area contributed by atoms with Gasteiger partial charge in [0.25, 0.3) is 0 Å². The van der Waals surface area contributed by atoms with Gasteiger partial charge in [0, 0.05) is 25.7 Å². The zero-order valence-electron chi connectivity index (χ0n) is 9.73. The van der Waals surface area contributed by atoms with E-state index in [1.807, 2.05) is 12.1 Å². The van der Waals surface area contributed by atoms with Crippen molar-refractivity contribution in [2.24, 2.45) is 0 Å². The third-order valence-corrected chi connectivity index (χ3v) is 2.78. The van der Waals surface area contributed by atoms with Gasteiger partial charge in [0.15, 0.2) is 0 Å². The van der Waals surface area contributed by atoms with Gasteiger partial charge in [0.2, 0.25) is 0 Å². The molecule has 0 bridgehead atoms. The van der Waals surface area contributed by atoms with Crippen LogP contribution in [0.3, 0.4) is 0 Å². The molecule has 1 atom stereocenters. The molecular weight excluding hydrogens is 240 g/mol. The summed E-state index contributed by atoms with van der Waals surface area (Å²) in [6, 6.07) is 7.88. The number of hydrogen-bond donors (Lipinski definition) is 2. The predicted octanol–water partition coefficient (Wildman–Crippen LogP) is 1.13. The first-order valence-corrected chi connectivity index (χ1v) is 5.43. The Hall–Kier alpha value is -1.10. The monoisotopic (exact) mass is 256 g/mol. The van der Waals surface area contributed by atoms with Crippen molar-refractivity contribution in [3.8, 4) is 0 Å². The van der Waals surface area contributed by atoms with Gasteiger partial charge in [-0.1, -0.05) is 12.1 Å². The zero-order valence-corrected chi connectivity index (χ0v) is 10.5. The quantitative estimate of drug-likeness (QED) is 0.779. The number of halogens is 1. The second kappa shape index (κ2) is 6.59. The first kappa shape index (κ1) is 14.0. The average molecular weight is 257 g/mol. The largest absolute Gasteiger partial charge is 0.465 e. The minimum Gasteiger partial charge on any atom is -0.465 e. The summed E-state index contributed by atoms with van der Waals surface area (Å²) in [5.41, 5.74) is 1.79. The lowest BCUT2D eigenvalue weighted by atomic mass is 10.0. The Kier molecular flexibility index (Phi) is 5.41. The number of methoxy groups -OCH3 is 1. The highest BCUT2D eigenvalue weighted by Crippen LogP contribution is 2.14. The first-order chi connectivity index (χ1) is 7.81. The van der Waals surface area contributed by atoms with Gasteiger partial charge in [-0.15, -0.1) is 12.4 Å². The lowest BCUT2D eigenvalue weighted by molar-refractivity contribution is 0.0600. The molecule has 5 heteroatoms. The van der Waals surface area contributed by atoms with Gasteiger partial charge in [0.1, 0.15) is 0 Å². The van der Waals surface area contributed by atoms with E-state index < -0.39 is 0 Å². The third-order valence-electron chi connectivity index (χ3n) is 2.78. The Morgan fingerprint density at radius 1 is 1.29 bits per heavy atom. The molecule has 2 N–H and O–H groups in total. The van der Waals surface area contributed by atoms with Crippen LogP contribution in [0.5, 0.6) is 0 Å². The minimum atomic E-state index is -0.290. The number of carbonyl (C=O) groups is 1. The molecule has 1 aromatic rings. The van der Waals surface area contributed by atoms with E-state index in [4.69, 9.17) is 0 Å². The van der Waals surface area contributed by atoms with Crippen molar-refractivity contribution in [3.63, 3.8) is 0 Å². The lowest BCUT2D eigenvalue weighted by Crippen LogP contribution is -2.42. The van der Waals surface area contributed by atoms with E-state index in [9.17, 15) is 4.79 Å². The van der Waals surface area contributed by atoms with E-state index in [0.29, 0.717) is 11.6 Å². The van der Waals surface area contributed by atoms with Gasteiger partial charge in [-0.25, -0.2) is 4.79 Å². The van der Waals surface area contributed by atoms with E-state index >= 15 is 0 Å². The van der Waals surface area contributed by atoms with Crippen molar-refractivity contribution in [1.82, 2.24) is 10.6 Å². The van der Waals surface area contributed by atoms with Gasteiger partial charge >= 0.3 is 5.97 Å². The molecule has 1 fully saturated rings. The van der Waals surface area contributed by atoms with Crippen LogP contribution in [0.1, 0.15) is 22.0 Å². The topological polar surface area (TPSA) is 50.4 Å². The van der Waals surface area contributed by atoms with Crippen molar-refractivity contribution in [3.05, 3.63) is 35.4 Å². The van der Waals surface area contributed by atoms with Crippen LogP contribution >= 0.6 is 12.4 Å². The number of rotatable bonds is 2. The van der Waals surface area contributed by atoms with Crippen molar-refractivity contribution in [2.75, 3.05) is 26.7 Å². The summed E-state index contributed by atoms with van der Waals surface area (Å²) in [6.45, 7) is 2.91. The molecule has 0 unspecified atom stereocenters. The Balaban J connectivity index is 0.00000144. The summed E-state index contributed by atoms with van der Waals surface area (Å²) in [5, 5.41) is 6.75. The Labute approximate surface area is 107 Å². The van der Waals surface area contributed by atoms with Crippen LogP contribution in [-0.2, 0) is 4.74 Å². The van der Waals surface area contributed by atoms with Gasteiger partial charge < -0.3 is 15.4 Å². The normalized spacial score (nSPS) is 19.2. The number of hydrogen-bond acceptors (Lipinski definition) is 4.